The van der Waals surface area contributed by atoms with E-state index in [-0.39, 0.29) is 0 Å². The Hall–Kier alpha value is -12.5. The zero-order valence-corrected chi connectivity index (χ0v) is 50.7. The Balaban J connectivity index is 0.828. The summed E-state index contributed by atoms with van der Waals surface area (Å²) in [5.74, 6) is 4.35. The van der Waals surface area contributed by atoms with E-state index < -0.39 is 10.8 Å². The summed E-state index contributed by atoms with van der Waals surface area (Å²) in [6.07, 6.45) is 0. The fourth-order valence-corrected chi connectivity index (χ4v) is 15.5. The Morgan fingerprint density at radius 2 is 0.543 bits per heavy atom. The highest BCUT2D eigenvalue weighted by Crippen LogP contribution is 2.65. The smallest absolute Gasteiger partial charge is 0.160 e. The predicted molar refractivity (Wildman–Crippen MR) is 374 cm³/mol. The summed E-state index contributed by atoms with van der Waals surface area (Å²) in [5, 5.41) is 0. The third-order valence-corrected chi connectivity index (χ3v) is 19.5. The third kappa shape index (κ3) is 8.07. The molecule has 2 aliphatic heterocycles. The third-order valence-electron chi connectivity index (χ3n) is 19.5. The van der Waals surface area contributed by atoms with Gasteiger partial charge in [-0.25, -0.2) is 24.9 Å². The lowest BCUT2D eigenvalue weighted by atomic mass is 9.66. The molecule has 3 aromatic heterocycles. The van der Waals surface area contributed by atoms with Gasteiger partial charge in [0.2, 0.25) is 0 Å². The molecule has 0 saturated carbocycles. The van der Waals surface area contributed by atoms with Crippen LogP contribution in [-0.2, 0) is 10.8 Å². The maximum Gasteiger partial charge on any atom is 0.160 e. The number of nitrogens with zero attached hydrogens (tertiary/aromatic N) is 5. The molecule has 1 atom stereocenters. The molecule has 12 aromatic carbocycles. The van der Waals surface area contributed by atoms with Crippen LogP contribution in [-0.4, -0.2) is 24.9 Å². The van der Waals surface area contributed by atoms with E-state index >= 15 is 0 Å². The number of aromatic nitrogens is 5. The summed E-state index contributed by atoms with van der Waals surface area (Å²) in [6, 6.07) is 114. The molecule has 7 nitrogen and oxygen atoms in total. The lowest BCUT2D eigenvalue weighted by molar-refractivity contribution is 0.436. The van der Waals surface area contributed by atoms with Gasteiger partial charge < -0.3 is 9.47 Å². The normalized spacial score (nSPS) is 14.5. The maximum absolute atomic E-state index is 7.15. The maximum atomic E-state index is 7.15. The van der Waals surface area contributed by atoms with Gasteiger partial charge in [-0.1, -0.05) is 273 Å². The number of ether oxygens (including phenoxy) is 2. The van der Waals surface area contributed by atoms with Crippen molar-refractivity contribution >= 4 is 0 Å². The molecule has 5 heterocycles. The molecular formula is C87H53N5O2. The topological polar surface area (TPSA) is 82.9 Å². The average molecular weight is 1200 g/mol. The monoisotopic (exact) mass is 1200 g/mol. The first-order valence-electron chi connectivity index (χ1n) is 31.9. The van der Waals surface area contributed by atoms with Crippen molar-refractivity contribution in [3.8, 4) is 136 Å². The second-order valence-corrected chi connectivity index (χ2v) is 24.5. The van der Waals surface area contributed by atoms with Crippen molar-refractivity contribution in [2.24, 2.45) is 0 Å². The van der Waals surface area contributed by atoms with E-state index in [0.29, 0.717) is 23.0 Å². The van der Waals surface area contributed by atoms with Gasteiger partial charge in [0.25, 0.3) is 0 Å². The van der Waals surface area contributed by atoms with Crippen LogP contribution in [0, 0.1) is 0 Å². The number of rotatable bonds is 8. The number of pyridine rings is 1. The molecule has 15 aromatic rings. The second-order valence-electron chi connectivity index (χ2n) is 24.5. The van der Waals surface area contributed by atoms with Crippen LogP contribution < -0.4 is 9.47 Å². The van der Waals surface area contributed by atoms with Crippen LogP contribution in [0.5, 0.6) is 23.0 Å². The standard InChI is InChI=1S/C87H53N5O2/c1-5-24-54(25-6-1)74-52-75(55-26-7-2-8-27-55)91-85(90-74)59-45-47-71-82(51-59)94-80-43-22-20-40-69(80)87(71)67-38-18-15-34-64(67)83-61(35-23-41-72(83)87)60-48-73(88-77(49-60)78-53-76(56-28-9-3-10-29-56)89-84(92-78)57-30-11-4-12-31-57)58-44-46-70-81(50-58)93-79-42-21-19-39-68(79)86(70)65-36-16-13-32-62(65)63-33-14-17-37-66(63)86/h1-53H. The molecule has 0 amide bonds. The first kappa shape index (κ1) is 53.4. The molecule has 1 unspecified atom stereocenters. The van der Waals surface area contributed by atoms with Crippen LogP contribution in [0.2, 0.25) is 0 Å². The van der Waals surface area contributed by atoms with Crippen LogP contribution in [0.25, 0.3) is 113 Å². The fourth-order valence-electron chi connectivity index (χ4n) is 15.5. The van der Waals surface area contributed by atoms with E-state index in [1.165, 1.54) is 22.3 Å². The number of hydrogen-bond acceptors (Lipinski definition) is 7. The highest BCUT2D eigenvalue weighted by Gasteiger charge is 2.53. The number of hydrogen-bond donors (Lipinski definition) is 0. The van der Waals surface area contributed by atoms with Gasteiger partial charge in [0.15, 0.2) is 11.6 Å². The molecule has 0 radical (unpaired) electrons. The summed E-state index contributed by atoms with van der Waals surface area (Å²) >= 11 is 0. The van der Waals surface area contributed by atoms with E-state index in [0.717, 1.165) is 135 Å². The summed E-state index contributed by atoms with van der Waals surface area (Å²) in [5.41, 5.74) is 24.7. The minimum atomic E-state index is -0.799. The SMILES string of the molecule is c1ccc(-c2cc(-c3ccccc3)nc(-c3ccc4c(c3)Oc3ccccc3C43c4ccccc4-c4c(-c5cc(-c6ccc7c(c6)Oc6ccccc6C76c7ccccc7-c7ccccc76)nc(-c6cc(-c7ccccc7)nc(-c7ccccc7)n6)c5)cccc43)n2)cc1. The van der Waals surface area contributed by atoms with Crippen LogP contribution in [0.1, 0.15) is 44.5 Å². The molecule has 0 bridgehead atoms. The highest BCUT2D eigenvalue weighted by atomic mass is 16.5. The Bertz CT molecular complexity index is 5420. The first-order valence-corrected chi connectivity index (χ1v) is 31.9. The summed E-state index contributed by atoms with van der Waals surface area (Å²) in [7, 11) is 0. The number of fused-ring (bicyclic) bond motifs is 18. The predicted octanol–water partition coefficient (Wildman–Crippen LogP) is 20.9. The van der Waals surface area contributed by atoms with Crippen molar-refractivity contribution in [1.82, 2.24) is 24.9 Å². The Morgan fingerprint density at radius 3 is 1.10 bits per heavy atom. The van der Waals surface area contributed by atoms with Crippen LogP contribution in [0.3, 0.4) is 0 Å². The van der Waals surface area contributed by atoms with Crippen LogP contribution in [0.15, 0.2) is 322 Å². The Labute approximate surface area is 543 Å². The number of benzene rings is 12. The molecule has 0 N–H and O–H groups in total. The van der Waals surface area contributed by atoms with Gasteiger partial charge in [0, 0.05) is 55.6 Å². The summed E-state index contributed by atoms with van der Waals surface area (Å²) in [6.45, 7) is 0. The molecule has 0 saturated heterocycles. The van der Waals surface area contributed by atoms with Gasteiger partial charge in [-0.2, -0.15) is 0 Å². The van der Waals surface area contributed by atoms with E-state index in [1.54, 1.807) is 0 Å². The first-order chi connectivity index (χ1) is 46.6. The minimum absolute atomic E-state index is 0.609. The molecule has 438 valence electrons. The zero-order valence-electron chi connectivity index (χ0n) is 50.7. The quantitative estimate of drug-likeness (QED) is 0.150. The molecule has 94 heavy (non-hydrogen) atoms. The van der Waals surface area contributed by atoms with E-state index in [9.17, 15) is 0 Å². The van der Waals surface area contributed by atoms with Gasteiger partial charge in [0.05, 0.1) is 45.0 Å². The molecule has 19 rings (SSSR count). The zero-order chi connectivity index (χ0) is 61.9. The molecular weight excluding hydrogens is 1150 g/mol. The van der Waals surface area contributed by atoms with Crippen LogP contribution in [0.4, 0.5) is 0 Å². The van der Waals surface area contributed by atoms with Gasteiger partial charge >= 0.3 is 0 Å². The highest BCUT2D eigenvalue weighted by molar-refractivity contribution is 5.98. The van der Waals surface area contributed by atoms with Crippen molar-refractivity contribution in [2.45, 2.75) is 10.8 Å². The van der Waals surface area contributed by atoms with Crippen LogP contribution >= 0.6 is 0 Å². The molecule has 4 aliphatic rings. The van der Waals surface area contributed by atoms with E-state index in [1.807, 2.05) is 60.7 Å². The van der Waals surface area contributed by atoms with Crippen molar-refractivity contribution in [3.05, 3.63) is 366 Å². The minimum Gasteiger partial charge on any atom is -0.457 e. The lowest BCUT2D eigenvalue weighted by Gasteiger charge is -2.39. The number of para-hydroxylation sites is 2. The van der Waals surface area contributed by atoms with Crippen molar-refractivity contribution in [2.75, 3.05) is 0 Å². The second kappa shape index (κ2) is 21.1. The summed E-state index contributed by atoms with van der Waals surface area (Å²) < 4.78 is 14.3. The fraction of sp³-hybridized carbons (Fsp3) is 0.0230. The Morgan fingerprint density at radius 1 is 0.191 bits per heavy atom. The lowest BCUT2D eigenvalue weighted by Crippen LogP contribution is -2.32. The van der Waals surface area contributed by atoms with Gasteiger partial charge in [-0.3, -0.25) is 0 Å². The van der Waals surface area contributed by atoms with E-state index in [4.69, 9.17) is 34.4 Å². The van der Waals surface area contributed by atoms with Gasteiger partial charge in [0.1, 0.15) is 23.0 Å². The molecule has 7 heteroatoms. The van der Waals surface area contributed by atoms with Crippen molar-refractivity contribution < 1.29 is 9.47 Å². The molecule has 0 fully saturated rings. The van der Waals surface area contributed by atoms with Gasteiger partial charge in [-0.15, -0.1) is 0 Å². The molecule has 2 aliphatic carbocycles. The van der Waals surface area contributed by atoms with Gasteiger partial charge in [-0.05, 0) is 104 Å². The van der Waals surface area contributed by atoms with Crippen molar-refractivity contribution in [1.29, 1.82) is 0 Å². The average Bonchev–Trinajstić information content (AvgIpc) is 1.40. The Kier molecular flexibility index (Phi) is 12.0. The molecule has 2 spiro atoms. The summed E-state index contributed by atoms with van der Waals surface area (Å²) in [4.78, 5) is 26.9. The largest absolute Gasteiger partial charge is 0.457 e. The van der Waals surface area contributed by atoms with E-state index in [2.05, 4.69) is 261 Å². The van der Waals surface area contributed by atoms with Crippen molar-refractivity contribution in [3.63, 3.8) is 0 Å².